The summed E-state index contributed by atoms with van der Waals surface area (Å²) in [5.41, 5.74) is 2.40. The van der Waals surface area contributed by atoms with Crippen LogP contribution in [0, 0.1) is 0 Å². The van der Waals surface area contributed by atoms with Gasteiger partial charge in [-0.3, -0.25) is 0 Å². The molecule has 3 aliphatic rings. The molecule has 60 valence electrons. The molecule has 2 unspecified atom stereocenters. The number of allylic oxidation sites excluding steroid dienone is 2. The van der Waals surface area contributed by atoms with Crippen LogP contribution in [-0.4, -0.2) is 12.2 Å². The highest BCUT2D eigenvalue weighted by atomic mass is 16.5. The fourth-order valence-corrected chi connectivity index (χ4v) is 1.74. The molecule has 0 aromatic rings. The van der Waals surface area contributed by atoms with Gasteiger partial charge >= 0.3 is 0 Å². The largest absolute Gasteiger partial charge is 0.489 e. The Morgan fingerprint density at radius 2 is 1.33 bits per heavy atom. The monoisotopic (exact) mass is 160 g/mol. The van der Waals surface area contributed by atoms with Crippen molar-refractivity contribution in [2.75, 3.05) is 0 Å². The Labute approximate surface area is 70.5 Å². The fourth-order valence-electron chi connectivity index (χ4n) is 1.74. The minimum Gasteiger partial charge on any atom is -0.489 e. The highest BCUT2D eigenvalue weighted by Crippen LogP contribution is 2.33. The van der Waals surface area contributed by atoms with Crippen LogP contribution in [0.4, 0.5) is 0 Å². The van der Waals surface area contributed by atoms with Gasteiger partial charge in [-0.1, -0.05) is 12.2 Å². The second-order valence-electron chi connectivity index (χ2n) is 3.05. The van der Waals surface area contributed by atoms with Gasteiger partial charge in [-0.05, 0) is 23.3 Å². The SMILES string of the molecule is C1=CC2=CC=C3C=COC3C2O1. The summed E-state index contributed by atoms with van der Waals surface area (Å²) < 4.78 is 10.8. The highest BCUT2D eigenvalue weighted by Gasteiger charge is 2.35. The molecule has 0 bridgehead atoms. The summed E-state index contributed by atoms with van der Waals surface area (Å²) in [6.45, 7) is 0. The zero-order valence-electron chi connectivity index (χ0n) is 6.44. The van der Waals surface area contributed by atoms with Gasteiger partial charge in [0.2, 0.25) is 0 Å². The smallest absolute Gasteiger partial charge is 0.164 e. The van der Waals surface area contributed by atoms with Gasteiger partial charge in [0.05, 0.1) is 12.5 Å². The van der Waals surface area contributed by atoms with Gasteiger partial charge in [0.1, 0.15) is 0 Å². The van der Waals surface area contributed by atoms with Crippen LogP contribution in [0.3, 0.4) is 0 Å². The van der Waals surface area contributed by atoms with E-state index in [9.17, 15) is 0 Å². The van der Waals surface area contributed by atoms with E-state index < -0.39 is 0 Å². The fraction of sp³-hybridized carbons (Fsp3) is 0.200. The Bertz CT molecular complexity index is 300. The summed E-state index contributed by atoms with van der Waals surface area (Å²) in [7, 11) is 0. The van der Waals surface area contributed by atoms with Crippen LogP contribution < -0.4 is 0 Å². The molecule has 12 heavy (non-hydrogen) atoms. The van der Waals surface area contributed by atoms with Crippen LogP contribution in [0.25, 0.3) is 0 Å². The molecule has 2 aliphatic heterocycles. The van der Waals surface area contributed by atoms with Crippen molar-refractivity contribution in [3.63, 3.8) is 0 Å². The molecule has 0 saturated carbocycles. The van der Waals surface area contributed by atoms with E-state index in [4.69, 9.17) is 9.47 Å². The molecule has 0 fully saturated rings. The lowest BCUT2D eigenvalue weighted by Crippen LogP contribution is -2.29. The van der Waals surface area contributed by atoms with Crippen molar-refractivity contribution >= 4 is 0 Å². The van der Waals surface area contributed by atoms with Gasteiger partial charge in [-0.15, -0.1) is 0 Å². The van der Waals surface area contributed by atoms with Gasteiger partial charge in [0.25, 0.3) is 0 Å². The van der Waals surface area contributed by atoms with E-state index >= 15 is 0 Å². The van der Waals surface area contributed by atoms with Crippen molar-refractivity contribution in [2.45, 2.75) is 12.2 Å². The zero-order chi connectivity index (χ0) is 7.97. The lowest BCUT2D eigenvalue weighted by Gasteiger charge is -2.23. The summed E-state index contributed by atoms with van der Waals surface area (Å²) in [5, 5.41) is 0. The van der Waals surface area contributed by atoms with Gasteiger partial charge in [0, 0.05) is 0 Å². The maximum Gasteiger partial charge on any atom is 0.164 e. The van der Waals surface area contributed by atoms with Crippen LogP contribution in [0.1, 0.15) is 0 Å². The van der Waals surface area contributed by atoms with E-state index in [2.05, 4.69) is 12.2 Å². The van der Waals surface area contributed by atoms with E-state index in [0.717, 1.165) is 0 Å². The average molecular weight is 160 g/mol. The van der Waals surface area contributed by atoms with E-state index in [0.29, 0.717) is 0 Å². The quantitative estimate of drug-likeness (QED) is 0.536. The molecule has 0 aromatic carbocycles. The van der Waals surface area contributed by atoms with Crippen LogP contribution >= 0.6 is 0 Å². The van der Waals surface area contributed by atoms with Gasteiger partial charge in [-0.2, -0.15) is 0 Å². The van der Waals surface area contributed by atoms with Crippen molar-refractivity contribution in [3.8, 4) is 0 Å². The first-order valence-electron chi connectivity index (χ1n) is 4.01. The maximum absolute atomic E-state index is 5.42. The first kappa shape index (κ1) is 6.12. The lowest BCUT2D eigenvalue weighted by atomic mass is 9.94. The van der Waals surface area contributed by atoms with Crippen molar-refractivity contribution in [3.05, 3.63) is 48.0 Å². The second kappa shape index (κ2) is 2.03. The molecule has 2 heterocycles. The van der Waals surface area contributed by atoms with Gasteiger partial charge < -0.3 is 9.47 Å². The van der Waals surface area contributed by atoms with Crippen LogP contribution in [-0.2, 0) is 9.47 Å². The van der Waals surface area contributed by atoms with Crippen molar-refractivity contribution in [2.24, 2.45) is 0 Å². The number of hydrogen-bond donors (Lipinski definition) is 0. The molecule has 0 N–H and O–H groups in total. The molecule has 0 amide bonds. The maximum atomic E-state index is 5.42. The summed E-state index contributed by atoms with van der Waals surface area (Å²) in [6.07, 6.45) is 11.8. The van der Waals surface area contributed by atoms with E-state index in [1.54, 1.807) is 12.5 Å². The molecule has 0 radical (unpaired) electrons. The van der Waals surface area contributed by atoms with Crippen molar-refractivity contribution in [1.82, 2.24) is 0 Å². The Morgan fingerprint density at radius 1 is 0.833 bits per heavy atom. The molecule has 2 atom stereocenters. The number of rotatable bonds is 0. The van der Waals surface area contributed by atoms with E-state index in [1.165, 1.54) is 11.1 Å². The topological polar surface area (TPSA) is 18.5 Å². The number of fused-ring (bicyclic) bond motifs is 3. The third kappa shape index (κ3) is 0.644. The normalized spacial score (nSPS) is 34.7. The van der Waals surface area contributed by atoms with E-state index in [1.807, 2.05) is 12.2 Å². The van der Waals surface area contributed by atoms with Gasteiger partial charge in [0.15, 0.2) is 12.2 Å². The Morgan fingerprint density at radius 3 is 1.83 bits per heavy atom. The summed E-state index contributed by atoms with van der Waals surface area (Å²) in [6, 6.07) is 0. The highest BCUT2D eigenvalue weighted by molar-refractivity contribution is 5.45. The molecule has 2 heteroatoms. The minimum atomic E-state index is 0.0833. The third-order valence-corrected chi connectivity index (χ3v) is 2.37. The van der Waals surface area contributed by atoms with Crippen LogP contribution in [0.2, 0.25) is 0 Å². The van der Waals surface area contributed by atoms with Gasteiger partial charge in [-0.25, -0.2) is 0 Å². The van der Waals surface area contributed by atoms with Crippen molar-refractivity contribution < 1.29 is 9.47 Å². The molecule has 0 aromatic heterocycles. The number of ether oxygens (including phenoxy) is 2. The minimum absolute atomic E-state index is 0.0833. The Balaban J connectivity index is 2.05. The molecule has 1 aliphatic carbocycles. The molecule has 0 spiro atoms. The zero-order valence-corrected chi connectivity index (χ0v) is 6.44. The average Bonchev–Trinajstić information content (AvgIpc) is 2.71. The molecule has 0 saturated heterocycles. The summed E-state index contributed by atoms with van der Waals surface area (Å²) >= 11 is 0. The summed E-state index contributed by atoms with van der Waals surface area (Å²) in [4.78, 5) is 0. The standard InChI is InChI=1S/C10H8O2/c1-2-8-4-6-12-10(8)9-7(1)3-5-11-9/h1-6,9-10H. The lowest BCUT2D eigenvalue weighted by molar-refractivity contribution is 0.0618. The summed E-state index contributed by atoms with van der Waals surface area (Å²) in [5.74, 6) is 0. The second-order valence-corrected chi connectivity index (χ2v) is 3.05. The molecular weight excluding hydrogens is 152 g/mol. The van der Waals surface area contributed by atoms with E-state index in [-0.39, 0.29) is 12.2 Å². The predicted molar refractivity (Wildman–Crippen MR) is 44.2 cm³/mol. The first-order valence-corrected chi connectivity index (χ1v) is 4.01. The molecule has 3 rings (SSSR count). The van der Waals surface area contributed by atoms with Crippen molar-refractivity contribution in [1.29, 1.82) is 0 Å². The Kier molecular flexibility index (Phi) is 1.04. The predicted octanol–water partition coefficient (Wildman–Crippen LogP) is 1.68. The van der Waals surface area contributed by atoms with Crippen LogP contribution in [0.5, 0.6) is 0 Å². The first-order chi connectivity index (χ1) is 5.95. The molecular formula is C10H8O2. The molecule has 2 nitrogen and oxygen atoms in total. The van der Waals surface area contributed by atoms with Crippen LogP contribution in [0.15, 0.2) is 48.0 Å². The number of hydrogen-bond acceptors (Lipinski definition) is 2. The third-order valence-electron chi connectivity index (χ3n) is 2.37. The Hall–Kier alpha value is -1.44.